The van der Waals surface area contributed by atoms with Gasteiger partial charge in [-0.05, 0) is 31.5 Å². The van der Waals surface area contributed by atoms with Crippen LogP contribution in [0.25, 0.3) is 5.57 Å². The molecule has 0 spiro atoms. The van der Waals surface area contributed by atoms with Gasteiger partial charge >= 0.3 is 5.97 Å². The fraction of sp³-hybridized carbons (Fsp3) is 0.250. The van der Waals surface area contributed by atoms with E-state index in [1.165, 1.54) is 0 Å². The van der Waals surface area contributed by atoms with Crippen LogP contribution in [-0.4, -0.2) is 19.1 Å². The van der Waals surface area contributed by atoms with Crippen molar-refractivity contribution in [3.63, 3.8) is 0 Å². The SMILES string of the molecule is COc1c(C2=C(C)ONC2C)ccc2c1C(c1ccccc1)OC2=O. The van der Waals surface area contributed by atoms with Crippen molar-refractivity contribution in [2.75, 3.05) is 7.11 Å². The van der Waals surface area contributed by atoms with Gasteiger partial charge in [0.05, 0.1) is 24.3 Å². The van der Waals surface area contributed by atoms with Crippen LogP contribution in [0.2, 0.25) is 0 Å². The Bertz CT molecular complexity index is 873. The Kier molecular flexibility index (Phi) is 3.73. The van der Waals surface area contributed by atoms with E-state index in [2.05, 4.69) is 5.48 Å². The molecule has 0 aromatic heterocycles. The second kappa shape index (κ2) is 5.93. The molecule has 4 rings (SSSR count). The highest BCUT2D eigenvalue weighted by Crippen LogP contribution is 2.46. The molecule has 2 aromatic rings. The second-order valence-electron chi connectivity index (χ2n) is 6.22. The number of benzene rings is 2. The molecule has 5 nitrogen and oxygen atoms in total. The van der Waals surface area contributed by atoms with Gasteiger partial charge in [-0.3, -0.25) is 0 Å². The molecule has 128 valence electrons. The summed E-state index contributed by atoms with van der Waals surface area (Å²) in [6.45, 7) is 3.93. The van der Waals surface area contributed by atoms with E-state index in [-0.39, 0.29) is 12.0 Å². The van der Waals surface area contributed by atoms with Crippen molar-refractivity contribution in [2.24, 2.45) is 0 Å². The lowest BCUT2D eigenvalue weighted by Gasteiger charge is -2.18. The Labute approximate surface area is 146 Å². The molecule has 0 fully saturated rings. The fourth-order valence-corrected chi connectivity index (χ4v) is 3.58. The predicted molar refractivity (Wildman–Crippen MR) is 93.0 cm³/mol. The Morgan fingerprint density at radius 1 is 1.08 bits per heavy atom. The molecule has 2 atom stereocenters. The van der Waals surface area contributed by atoms with Crippen molar-refractivity contribution >= 4 is 11.5 Å². The van der Waals surface area contributed by atoms with E-state index in [4.69, 9.17) is 14.3 Å². The number of esters is 1. The monoisotopic (exact) mass is 337 g/mol. The minimum Gasteiger partial charge on any atom is -0.496 e. The Morgan fingerprint density at radius 3 is 2.44 bits per heavy atom. The van der Waals surface area contributed by atoms with Crippen LogP contribution in [0.5, 0.6) is 5.75 Å². The van der Waals surface area contributed by atoms with E-state index in [1.807, 2.05) is 56.3 Å². The van der Waals surface area contributed by atoms with Gasteiger partial charge in [0.25, 0.3) is 0 Å². The smallest absolute Gasteiger partial charge is 0.339 e. The van der Waals surface area contributed by atoms with Gasteiger partial charge in [-0.2, -0.15) is 0 Å². The average Bonchev–Trinajstić information content (AvgIpc) is 3.14. The van der Waals surface area contributed by atoms with Crippen molar-refractivity contribution < 1.29 is 19.1 Å². The number of ether oxygens (including phenoxy) is 2. The van der Waals surface area contributed by atoms with Crippen LogP contribution >= 0.6 is 0 Å². The molecule has 2 aliphatic heterocycles. The summed E-state index contributed by atoms with van der Waals surface area (Å²) >= 11 is 0. The van der Waals surface area contributed by atoms with Gasteiger partial charge in [0.15, 0.2) is 6.10 Å². The molecule has 0 saturated carbocycles. The van der Waals surface area contributed by atoms with E-state index in [9.17, 15) is 4.79 Å². The molecule has 0 bridgehead atoms. The first-order valence-corrected chi connectivity index (χ1v) is 8.22. The molecule has 5 heteroatoms. The minimum atomic E-state index is -0.468. The maximum Gasteiger partial charge on any atom is 0.339 e. The van der Waals surface area contributed by atoms with Gasteiger partial charge < -0.3 is 14.3 Å². The second-order valence-corrected chi connectivity index (χ2v) is 6.22. The van der Waals surface area contributed by atoms with Crippen molar-refractivity contribution in [1.29, 1.82) is 0 Å². The quantitative estimate of drug-likeness (QED) is 0.867. The molecule has 2 unspecified atom stereocenters. The van der Waals surface area contributed by atoms with Crippen LogP contribution in [0, 0.1) is 0 Å². The predicted octanol–water partition coefficient (Wildman–Crippen LogP) is 3.61. The molecule has 1 N–H and O–H groups in total. The lowest BCUT2D eigenvalue weighted by atomic mass is 9.91. The summed E-state index contributed by atoms with van der Waals surface area (Å²) < 4.78 is 11.4. The number of hydrogen-bond acceptors (Lipinski definition) is 5. The molecule has 2 aliphatic rings. The maximum atomic E-state index is 12.4. The Hall–Kier alpha value is -2.79. The summed E-state index contributed by atoms with van der Waals surface area (Å²) in [7, 11) is 1.62. The normalized spacial score (nSPS) is 21.8. The third-order valence-electron chi connectivity index (χ3n) is 4.70. The maximum absolute atomic E-state index is 12.4. The minimum absolute atomic E-state index is 0.0279. The number of allylic oxidation sites excluding steroid dienone is 1. The first-order chi connectivity index (χ1) is 12.1. The van der Waals surface area contributed by atoms with E-state index in [0.717, 1.165) is 28.0 Å². The van der Waals surface area contributed by atoms with Gasteiger partial charge in [-0.25, -0.2) is 4.79 Å². The Balaban J connectivity index is 1.93. The fourth-order valence-electron chi connectivity index (χ4n) is 3.58. The first-order valence-electron chi connectivity index (χ1n) is 8.22. The lowest BCUT2D eigenvalue weighted by molar-refractivity contribution is 0.0454. The van der Waals surface area contributed by atoms with Gasteiger partial charge in [-0.1, -0.05) is 30.3 Å². The van der Waals surface area contributed by atoms with Crippen molar-refractivity contribution in [2.45, 2.75) is 26.0 Å². The standard InChI is InChI=1S/C20H19NO4/c1-11-16(12(2)25-21-11)14-9-10-15-17(19(14)23-3)18(24-20(15)22)13-7-5-4-6-8-13/h4-11,18,21H,1-3H3. The number of carbonyl (C=O) groups excluding carboxylic acids is 1. The number of nitrogens with one attached hydrogen (secondary N) is 1. The zero-order valence-electron chi connectivity index (χ0n) is 14.3. The molecule has 25 heavy (non-hydrogen) atoms. The molecule has 0 saturated heterocycles. The van der Waals surface area contributed by atoms with Crippen molar-refractivity contribution in [3.8, 4) is 5.75 Å². The number of hydrogen-bond donors (Lipinski definition) is 1. The highest BCUT2D eigenvalue weighted by atomic mass is 16.7. The molecular formula is C20H19NO4. The summed E-state index contributed by atoms with van der Waals surface area (Å²) in [5, 5.41) is 0. The molecule has 0 aliphatic carbocycles. The van der Waals surface area contributed by atoms with E-state index >= 15 is 0 Å². The first kappa shape index (κ1) is 15.7. The largest absolute Gasteiger partial charge is 0.496 e. The van der Waals surface area contributed by atoms with Gasteiger partial charge in [0.2, 0.25) is 0 Å². The van der Waals surface area contributed by atoms with E-state index < -0.39 is 6.10 Å². The van der Waals surface area contributed by atoms with Gasteiger partial charge in [0.1, 0.15) is 11.5 Å². The summed E-state index contributed by atoms with van der Waals surface area (Å²) in [6.07, 6.45) is -0.468. The topological polar surface area (TPSA) is 56.8 Å². The number of fused-ring (bicyclic) bond motifs is 1. The van der Waals surface area contributed by atoms with Crippen LogP contribution in [0.4, 0.5) is 0 Å². The molecule has 2 aromatic carbocycles. The van der Waals surface area contributed by atoms with Crippen LogP contribution < -0.4 is 10.2 Å². The average molecular weight is 337 g/mol. The number of rotatable bonds is 3. The van der Waals surface area contributed by atoms with Gasteiger partial charge in [0, 0.05) is 11.1 Å². The zero-order valence-corrected chi connectivity index (χ0v) is 14.3. The van der Waals surface area contributed by atoms with E-state index in [0.29, 0.717) is 11.3 Å². The number of hydroxylamine groups is 1. The highest BCUT2D eigenvalue weighted by molar-refractivity contribution is 5.97. The van der Waals surface area contributed by atoms with Crippen LogP contribution in [0.15, 0.2) is 48.2 Å². The van der Waals surface area contributed by atoms with Crippen molar-refractivity contribution in [1.82, 2.24) is 5.48 Å². The number of cyclic esters (lactones) is 1. The van der Waals surface area contributed by atoms with Crippen LogP contribution in [-0.2, 0) is 9.57 Å². The van der Waals surface area contributed by atoms with Crippen LogP contribution in [0.3, 0.4) is 0 Å². The number of methoxy groups -OCH3 is 1. The molecule has 0 amide bonds. The number of carbonyl (C=O) groups is 1. The van der Waals surface area contributed by atoms with Gasteiger partial charge in [-0.15, -0.1) is 5.48 Å². The van der Waals surface area contributed by atoms with Crippen molar-refractivity contribution in [3.05, 3.63) is 70.5 Å². The summed E-state index contributed by atoms with van der Waals surface area (Å²) in [4.78, 5) is 17.8. The molecule has 0 radical (unpaired) electrons. The molecular weight excluding hydrogens is 318 g/mol. The third kappa shape index (κ3) is 2.39. The summed E-state index contributed by atoms with van der Waals surface area (Å²) in [5.41, 5.74) is 7.14. The Morgan fingerprint density at radius 2 is 1.80 bits per heavy atom. The van der Waals surface area contributed by atoms with Crippen LogP contribution in [0.1, 0.15) is 47.0 Å². The third-order valence-corrected chi connectivity index (χ3v) is 4.70. The summed E-state index contributed by atoms with van der Waals surface area (Å²) in [6, 6.07) is 13.4. The molecule has 2 heterocycles. The highest BCUT2D eigenvalue weighted by Gasteiger charge is 2.38. The zero-order chi connectivity index (χ0) is 17.6. The summed E-state index contributed by atoms with van der Waals surface area (Å²) in [5.74, 6) is 1.13. The van der Waals surface area contributed by atoms with E-state index in [1.54, 1.807) is 7.11 Å². The lowest BCUT2D eigenvalue weighted by Crippen LogP contribution is -2.19.